The highest BCUT2D eigenvalue weighted by molar-refractivity contribution is 5.85. The van der Waals surface area contributed by atoms with Crippen LogP contribution in [0.5, 0.6) is 0 Å². The molecule has 0 rings (SSSR count). The molecule has 0 unspecified atom stereocenters. The standard InChI is InChI=1S/C10H20O3/c1-5-7-9(11)10(12-3,13-4)8-6-2/h5-8H2,1-4H3. The highest BCUT2D eigenvalue weighted by Gasteiger charge is 2.36. The maximum Gasteiger partial charge on any atom is 0.228 e. The average Bonchev–Trinajstić information content (AvgIpc) is 2.14. The molecule has 0 bridgehead atoms. The van der Waals surface area contributed by atoms with Crippen LogP contribution in [-0.2, 0) is 14.3 Å². The van der Waals surface area contributed by atoms with Crippen molar-refractivity contribution in [3.05, 3.63) is 0 Å². The Balaban J connectivity index is 4.43. The summed E-state index contributed by atoms with van der Waals surface area (Å²) >= 11 is 0. The first-order valence-electron chi connectivity index (χ1n) is 4.80. The molecule has 0 aliphatic carbocycles. The summed E-state index contributed by atoms with van der Waals surface area (Å²) in [6.45, 7) is 3.98. The highest BCUT2D eigenvalue weighted by Crippen LogP contribution is 2.21. The average molecular weight is 188 g/mol. The molecule has 13 heavy (non-hydrogen) atoms. The van der Waals surface area contributed by atoms with Crippen LogP contribution in [0.2, 0.25) is 0 Å². The molecule has 0 aromatic carbocycles. The molecule has 0 aliphatic heterocycles. The first-order chi connectivity index (χ1) is 6.16. The van der Waals surface area contributed by atoms with Crippen LogP contribution in [0.1, 0.15) is 39.5 Å². The van der Waals surface area contributed by atoms with Crippen molar-refractivity contribution in [2.75, 3.05) is 14.2 Å². The van der Waals surface area contributed by atoms with Gasteiger partial charge in [-0.1, -0.05) is 20.3 Å². The van der Waals surface area contributed by atoms with Gasteiger partial charge in [-0.3, -0.25) is 4.79 Å². The van der Waals surface area contributed by atoms with E-state index in [0.29, 0.717) is 12.8 Å². The normalized spacial score (nSPS) is 11.7. The summed E-state index contributed by atoms with van der Waals surface area (Å²) in [6, 6.07) is 0. The van der Waals surface area contributed by atoms with Crippen LogP contribution in [0.3, 0.4) is 0 Å². The van der Waals surface area contributed by atoms with Crippen molar-refractivity contribution in [2.24, 2.45) is 0 Å². The second-order valence-corrected chi connectivity index (χ2v) is 3.08. The molecule has 0 aromatic rings. The van der Waals surface area contributed by atoms with E-state index in [-0.39, 0.29) is 5.78 Å². The minimum Gasteiger partial charge on any atom is -0.347 e. The van der Waals surface area contributed by atoms with Gasteiger partial charge in [-0.05, 0) is 6.42 Å². The van der Waals surface area contributed by atoms with Gasteiger partial charge in [-0.15, -0.1) is 0 Å². The lowest BCUT2D eigenvalue weighted by Gasteiger charge is -2.28. The number of Topliss-reactive ketones (excluding diaryl/α,β-unsaturated/α-hetero) is 1. The van der Waals surface area contributed by atoms with Crippen LogP contribution in [-0.4, -0.2) is 25.8 Å². The van der Waals surface area contributed by atoms with Crippen molar-refractivity contribution in [1.82, 2.24) is 0 Å². The van der Waals surface area contributed by atoms with E-state index < -0.39 is 5.79 Å². The molecule has 0 radical (unpaired) electrons. The summed E-state index contributed by atoms with van der Waals surface area (Å²) in [4.78, 5) is 11.7. The van der Waals surface area contributed by atoms with E-state index >= 15 is 0 Å². The van der Waals surface area contributed by atoms with Gasteiger partial charge < -0.3 is 9.47 Å². The summed E-state index contributed by atoms with van der Waals surface area (Å²) in [7, 11) is 3.04. The number of hydrogen-bond acceptors (Lipinski definition) is 3. The Kier molecular flexibility index (Phi) is 5.91. The molecule has 0 N–H and O–H groups in total. The second kappa shape index (κ2) is 6.11. The lowest BCUT2D eigenvalue weighted by molar-refractivity contribution is -0.210. The largest absolute Gasteiger partial charge is 0.347 e. The first-order valence-corrected chi connectivity index (χ1v) is 4.80. The maximum absolute atomic E-state index is 11.7. The van der Waals surface area contributed by atoms with Crippen molar-refractivity contribution in [3.63, 3.8) is 0 Å². The van der Waals surface area contributed by atoms with Crippen molar-refractivity contribution in [1.29, 1.82) is 0 Å². The summed E-state index contributed by atoms with van der Waals surface area (Å²) in [5, 5.41) is 0. The smallest absolute Gasteiger partial charge is 0.228 e. The number of carbonyl (C=O) groups is 1. The monoisotopic (exact) mass is 188 g/mol. The zero-order valence-corrected chi connectivity index (χ0v) is 9.05. The van der Waals surface area contributed by atoms with Crippen molar-refractivity contribution >= 4 is 5.78 Å². The Morgan fingerprint density at radius 1 is 1.15 bits per heavy atom. The van der Waals surface area contributed by atoms with E-state index in [2.05, 4.69) is 0 Å². The molecule has 78 valence electrons. The zero-order chi connectivity index (χ0) is 10.3. The number of methoxy groups -OCH3 is 2. The molecular formula is C10H20O3. The predicted octanol–water partition coefficient (Wildman–Crippen LogP) is 2.14. The second-order valence-electron chi connectivity index (χ2n) is 3.08. The third-order valence-electron chi connectivity index (χ3n) is 2.14. The molecule has 3 nitrogen and oxygen atoms in total. The molecule has 0 aliphatic rings. The zero-order valence-electron chi connectivity index (χ0n) is 9.05. The van der Waals surface area contributed by atoms with Crippen molar-refractivity contribution in [3.8, 4) is 0 Å². The minimum atomic E-state index is -0.995. The third kappa shape index (κ3) is 3.08. The minimum absolute atomic E-state index is 0.0434. The predicted molar refractivity (Wildman–Crippen MR) is 51.6 cm³/mol. The molecule has 0 amide bonds. The molecule has 0 spiro atoms. The van der Waals surface area contributed by atoms with Crippen LogP contribution in [0.15, 0.2) is 0 Å². The van der Waals surface area contributed by atoms with Gasteiger partial charge in [-0.2, -0.15) is 0 Å². The van der Waals surface area contributed by atoms with E-state index in [9.17, 15) is 4.79 Å². The van der Waals surface area contributed by atoms with Crippen LogP contribution in [0, 0.1) is 0 Å². The number of hydrogen-bond donors (Lipinski definition) is 0. The topological polar surface area (TPSA) is 35.5 Å². The summed E-state index contributed by atoms with van der Waals surface area (Å²) in [5.74, 6) is -0.952. The summed E-state index contributed by atoms with van der Waals surface area (Å²) < 4.78 is 10.3. The van der Waals surface area contributed by atoms with Gasteiger partial charge in [0, 0.05) is 27.1 Å². The lowest BCUT2D eigenvalue weighted by Crippen LogP contribution is -2.42. The molecule has 0 saturated heterocycles. The first kappa shape index (κ1) is 12.6. The fourth-order valence-corrected chi connectivity index (χ4v) is 1.40. The fraction of sp³-hybridized carbons (Fsp3) is 0.900. The van der Waals surface area contributed by atoms with E-state index in [0.717, 1.165) is 12.8 Å². The molecule has 0 heterocycles. The van der Waals surface area contributed by atoms with Gasteiger partial charge >= 0.3 is 0 Å². The molecular weight excluding hydrogens is 168 g/mol. The van der Waals surface area contributed by atoms with Gasteiger partial charge in [-0.25, -0.2) is 0 Å². The van der Waals surface area contributed by atoms with E-state index in [1.165, 1.54) is 14.2 Å². The third-order valence-corrected chi connectivity index (χ3v) is 2.14. The van der Waals surface area contributed by atoms with Gasteiger partial charge in [0.2, 0.25) is 5.79 Å². The highest BCUT2D eigenvalue weighted by atomic mass is 16.7. The molecule has 0 fully saturated rings. The lowest BCUT2D eigenvalue weighted by atomic mass is 10.0. The number of ketones is 1. The van der Waals surface area contributed by atoms with Crippen molar-refractivity contribution in [2.45, 2.75) is 45.3 Å². The van der Waals surface area contributed by atoms with E-state index in [4.69, 9.17) is 9.47 Å². The Labute approximate surface area is 80.4 Å². The van der Waals surface area contributed by atoms with Crippen molar-refractivity contribution < 1.29 is 14.3 Å². The van der Waals surface area contributed by atoms with Gasteiger partial charge in [0.05, 0.1) is 0 Å². The van der Waals surface area contributed by atoms with Crippen LogP contribution in [0.4, 0.5) is 0 Å². The van der Waals surface area contributed by atoms with Gasteiger partial charge in [0.15, 0.2) is 5.78 Å². The van der Waals surface area contributed by atoms with E-state index in [1.807, 2.05) is 13.8 Å². The number of carbonyl (C=O) groups excluding carboxylic acids is 1. The van der Waals surface area contributed by atoms with Crippen LogP contribution < -0.4 is 0 Å². The molecule has 0 atom stereocenters. The van der Waals surface area contributed by atoms with Gasteiger partial charge in [0.1, 0.15) is 0 Å². The summed E-state index contributed by atoms with van der Waals surface area (Å²) in [5.41, 5.74) is 0. The van der Waals surface area contributed by atoms with Crippen LogP contribution in [0.25, 0.3) is 0 Å². The SMILES string of the molecule is CCCC(=O)C(CCC)(OC)OC. The molecule has 0 saturated carbocycles. The summed E-state index contributed by atoms with van der Waals surface area (Å²) in [6.07, 6.45) is 2.84. The quantitative estimate of drug-likeness (QED) is 0.574. The molecule has 3 heteroatoms. The Bertz CT molecular complexity index is 150. The van der Waals surface area contributed by atoms with Crippen LogP contribution >= 0.6 is 0 Å². The Hall–Kier alpha value is -0.410. The number of ether oxygens (including phenoxy) is 2. The van der Waals surface area contributed by atoms with E-state index in [1.54, 1.807) is 0 Å². The Morgan fingerprint density at radius 3 is 2.00 bits per heavy atom. The Morgan fingerprint density at radius 2 is 1.69 bits per heavy atom. The molecule has 0 aromatic heterocycles. The maximum atomic E-state index is 11.7. The fourth-order valence-electron chi connectivity index (χ4n) is 1.40. The van der Waals surface area contributed by atoms with Gasteiger partial charge in [0.25, 0.3) is 0 Å². The number of rotatable bonds is 7.